The third-order valence-corrected chi connectivity index (χ3v) is 6.96. The second-order valence-corrected chi connectivity index (χ2v) is 9.61. The Morgan fingerprint density at radius 1 is 0.939 bits per heavy atom. The Labute approximate surface area is 196 Å². The number of benzene rings is 3. The minimum Gasteiger partial charge on any atom is -0.494 e. The molecule has 0 aliphatic carbocycles. The number of carbonyl (C=O) groups is 1. The van der Waals surface area contributed by atoms with Crippen molar-refractivity contribution in [1.82, 2.24) is 5.32 Å². The Morgan fingerprint density at radius 3 is 2.15 bits per heavy atom. The summed E-state index contributed by atoms with van der Waals surface area (Å²) in [6, 6.07) is 24.8. The lowest BCUT2D eigenvalue weighted by Crippen LogP contribution is -2.43. The Balaban J connectivity index is 1.73. The second-order valence-electron chi connectivity index (χ2n) is 7.74. The van der Waals surface area contributed by atoms with Crippen LogP contribution in [0.25, 0.3) is 0 Å². The van der Waals surface area contributed by atoms with Crippen LogP contribution >= 0.6 is 0 Å². The van der Waals surface area contributed by atoms with Crippen molar-refractivity contribution in [2.75, 3.05) is 17.5 Å². The molecule has 6 nitrogen and oxygen atoms in total. The molecule has 1 N–H and O–H groups in total. The Kier molecular flexibility index (Phi) is 8.49. The van der Waals surface area contributed by atoms with E-state index in [1.54, 1.807) is 42.5 Å². The highest BCUT2D eigenvalue weighted by Crippen LogP contribution is 2.25. The fraction of sp³-hybridized carbons (Fsp3) is 0.269. The highest BCUT2D eigenvalue weighted by Gasteiger charge is 2.27. The van der Waals surface area contributed by atoms with Gasteiger partial charge in [-0.05, 0) is 68.7 Å². The van der Waals surface area contributed by atoms with Crippen molar-refractivity contribution in [3.05, 3.63) is 90.5 Å². The van der Waals surface area contributed by atoms with Crippen molar-refractivity contribution in [3.63, 3.8) is 0 Å². The molecule has 1 amide bonds. The zero-order valence-electron chi connectivity index (χ0n) is 19.0. The van der Waals surface area contributed by atoms with E-state index in [1.165, 1.54) is 17.7 Å². The van der Waals surface area contributed by atoms with E-state index in [2.05, 4.69) is 17.4 Å². The van der Waals surface area contributed by atoms with Gasteiger partial charge in [0.1, 0.15) is 12.3 Å². The van der Waals surface area contributed by atoms with Crippen LogP contribution in [0.2, 0.25) is 0 Å². The van der Waals surface area contributed by atoms with E-state index in [1.807, 2.05) is 32.0 Å². The van der Waals surface area contributed by atoms with Gasteiger partial charge in [0.2, 0.25) is 5.91 Å². The van der Waals surface area contributed by atoms with Crippen molar-refractivity contribution in [1.29, 1.82) is 0 Å². The number of anilines is 1. The predicted octanol–water partition coefficient (Wildman–Crippen LogP) is 4.42. The molecule has 33 heavy (non-hydrogen) atoms. The molecule has 0 fully saturated rings. The first-order valence-electron chi connectivity index (χ1n) is 11.0. The molecule has 3 aromatic rings. The van der Waals surface area contributed by atoms with Crippen LogP contribution < -0.4 is 14.4 Å². The summed E-state index contributed by atoms with van der Waals surface area (Å²) < 4.78 is 33.4. The lowest BCUT2D eigenvalue weighted by atomic mass is 10.1. The number of amides is 1. The SMILES string of the molecule is CCOc1ccc(S(=O)(=O)N(CC(=O)N[C@@H](C)CCc2ccccc2)c2ccccc2)cc1. The maximum atomic E-state index is 13.4. The number of para-hydroxylation sites is 1. The van der Waals surface area contributed by atoms with Crippen molar-refractivity contribution < 1.29 is 17.9 Å². The number of sulfonamides is 1. The molecule has 0 saturated heterocycles. The molecule has 0 unspecified atom stereocenters. The smallest absolute Gasteiger partial charge is 0.264 e. The zero-order valence-corrected chi connectivity index (χ0v) is 19.8. The molecule has 0 radical (unpaired) electrons. The molecule has 0 heterocycles. The van der Waals surface area contributed by atoms with Gasteiger partial charge in [0, 0.05) is 6.04 Å². The fourth-order valence-corrected chi connectivity index (χ4v) is 4.88. The second kappa shape index (κ2) is 11.5. The summed E-state index contributed by atoms with van der Waals surface area (Å²) in [6.45, 7) is 3.97. The van der Waals surface area contributed by atoms with Crippen LogP contribution in [0.1, 0.15) is 25.8 Å². The number of nitrogens with zero attached hydrogens (tertiary/aromatic N) is 1. The van der Waals surface area contributed by atoms with Crippen LogP contribution in [-0.2, 0) is 21.2 Å². The number of carbonyl (C=O) groups excluding carboxylic acids is 1. The molecule has 7 heteroatoms. The normalized spacial score (nSPS) is 12.1. The highest BCUT2D eigenvalue weighted by molar-refractivity contribution is 7.92. The monoisotopic (exact) mass is 466 g/mol. The first-order valence-corrected chi connectivity index (χ1v) is 12.5. The van der Waals surface area contributed by atoms with Gasteiger partial charge in [0.25, 0.3) is 10.0 Å². The molecule has 3 aromatic carbocycles. The fourth-order valence-electron chi connectivity index (χ4n) is 3.46. The summed E-state index contributed by atoms with van der Waals surface area (Å²) in [7, 11) is -3.96. The summed E-state index contributed by atoms with van der Waals surface area (Å²) >= 11 is 0. The van der Waals surface area contributed by atoms with E-state index in [9.17, 15) is 13.2 Å². The number of aryl methyl sites for hydroxylation is 1. The number of hydrogen-bond acceptors (Lipinski definition) is 4. The van der Waals surface area contributed by atoms with Crippen LogP contribution in [0.3, 0.4) is 0 Å². The quantitative estimate of drug-likeness (QED) is 0.454. The van der Waals surface area contributed by atoms with Gasteiger partial charge >= 0.3 is 0 Å². The molecule has 0 aliphatic heterocycles. The largest absolute Gasteiger partial charge is 0.494 e. The predicted molar refractivity (Wildman–Crippen MR) is 131 cm³/mol. The third kappa shape index (κ3) is 6.83. The number of ether oxygens (including phenoxy) is 1. The third-order valence-electron chi connectivity index (χ3n) is 5.17. The molecule has 1 atom stereocenters. The Hall–Kier alpha value is -3.32. The van der Waals surface area contributed by atoms with Crippen LogP contribution in [-0.4, -0.2) is 33.5 Å². The van der Waals surface area contributed by atoms with E-state index in [4.69, 9.17) is 4.74 Å². The number of nitrogens with one attached hydrogen (secondary N) is 1. The topological polar surface area (TPSA) is 75.7 Å². The van der Waals surface area contributed by atoms with Gasteiger partial charge in [-0.3, -0.25) is 9.10 Å². The number of rotatable bonds is 11. The molecule has 0 saturated carbocycles. The van der Waals surface area contributed by atoms with Crippen LogP contribution in [0.5, 0.6) is 5.75 Å². The zero-order chi connectivity index (χ0) is 23.7. The van der Waals surface area contributed by atoms with Gasteiger partial charge in [-0.2, -0.15) is 0 Å². The molecular formula is C26H30N2O4S. The molecule has 3 rings (SSSR count). The Morgan fingerprint density at radius 2 is 1.55 bits per heavy atom. The lowest BCUT2D eigenvalue weighted by Gasteiger charge is -2.25. The van der Waals surface area contributed by atoms with E-state index in [-0.39, 0.29) is 23.4 Å². The van der Waals surface area contributed by atoms with Gasteiger partial charge in [0.15, 0.2) is 0 Å². The van der Waals surface area contributed by atoms with Gasteiger partial charge in [-0.1, -0.05) is 48.5 Å². The lowest BCUT2D eigenvalue weighted by molar-refractivity contribution is -0.120. The molecule has 0 aliphatic rings. The van der Waals surface area contributed by atoms with Crippen molar-refractivity contribution >= 4 is 21.6 Å². The summed E-state index contributed by atoms with van der Waals surface area (Å²) in [5, 5.41) is 2.93. The van der Waals surface area contributed by atoms with E-state index in [0.29, 0.717) is 18.0 Å². The highest BCUT2D eigenvalue weighted by atomic mass is 32.2. The van der Waals surface area contributed by atoms with Crippen molar-refractivity contribution in [3.8, 4) is 5.75 Å². The molecule has 0 aromatic heterocycles. The average Bonchev–Trinajstić information content (AvgIpc) is 2.83. The Bertz CT molecular complexity index is 1120. The van der Waals surface area contributed by atoms with E-state index < -0.39 is 10.0 Å². The maximum Gasteiger partial charge on any atom is 0.264 e. The first kappa shape index (κ1) is 24.3. The summed E-state index contributed by atoms with van der Waals surface area (Å²) in [4.78, 5) is 12.9. The number of hydrogen-bond donors (Lipinski definition) is 1. The van der Waals surface area contributed by atoms with Gasteiger partial charge in [-0.15, -0.1) is 0 Å². The maximum absolute atomic E-state index is 13.4. The molecular weight excluding hydrogens is 436 g/mol. The minimum absolute atomic E-state index is 0.0940. The summed E-state index contributed by atoms with van der Waals surface area (Å²) in [5.41, 5.74) is 1.63. The minimum atomic E-state index is -3.96. The van der Waals surface area contributed by atoms with Gasteiger partial charge in [0.05, 0.1) is 17.2 Å². The van der Waals surface area contributed by atoms with Crippen molar-refractivity contribution in [2.24, 2.45) is 0 Å². The van der Waals surface area contributed by atoms with Crippen molar-refractivity contribution in [2.45, 2.75) is 37.6 Å². The standard InChI is InChI=1S/C26H30N2O4S/c1-3-32-24-16-18-25(19-17-24)33(30,31)28(23-12-8-5-9-13-23)20-26(29)27-21(2)14-15-22-10-6-4-7-11-22/h4-13,16-19,21H,3,14-15,20H2,1-2H3,(H,27,29)/t21-/m0/s1. The van der Waals surface area contributed by atoms with E-state index in [0.717, 1.165) is 17.1 Å². The van der Waals surface area contributed by atoms with Gasteiger partial charge in [-0.25, -0.2) is 8.42 Å². The first-order chi connectivity index (χ1) is 15.9. The van der Waals surface area contributed by atoms with Crippen LogP contribution in [0.15, 0.2) is 89.8 Å². The molecule has 174 valence electrons. The summed E-state index contributed by atoms with van der Waals surface area (Å²) in [6.07, 6.45) is 1.59. The van der Waals surface area contributed by atoms with Gasteiger partial charge < -0.3 is 10.1 Å². The van der Waals surface area contributed by atoms with E-state index >= 15 is 0 Å². The summed E-state index contributed by atoms with van der Waals surface area (Å²) in [5.74, 6) is 0.238. The molecule has 0 spiro atoms. The van der Waals surface area contributed by atoms with Crippen LogP contribution in [0.4, 0.5) is 5.69 Å². The van der Waals surface area contributed by atoms with Crippen LogP contribution in [0, 0.1) is 0 Å². The average molecular weight is 467 g/mol. The molecule has 0 bridgehead atoms.